The molecule has 10 nitrogen and oxygen atoms in total. The molecule has 34 heavy (non-hydrogen) atoms. The van der Waals surface area contributed by atoms with E-state index in [1.54, 1.807) is 45.9 Å². The number of carbonyl (C=O) groups is 2. The molecule has 2 aromatic heterocycles. The van der Waals surface area contributed by atoms with Gasteiger partial charge in [-0.3, -0.25) is 19.0 Å². The standard InChI is InChI=1S/C24H27N7O3/c1-2-30-13-10-21(29-30)24(34)27-19-8-9-20-18(14-19)15-31(28-20)16-22(32)25-11-12-26-23(33)17-6-4-3-5-7-17/h3-10,13-15,24,27,34H,2,11-12,16H2,1H3,(H,25,32)(H,26,33). The van der Waals surface area contributed by atoms with E-state index in [9.17, 15) is 14.7 Å². The predicted molar refractivity (Wildman–Crippen MR) is 128 cm³/mol. The fraction of sp³-hybridized carbons (Fsp3) is 0.250. The molecule has 0 bridgehead atoms. The highest BCUT2D eigenvalue weighted by Crippen LogP contribution is 2.21. The zero-order chi connectivity index (χ0) is 23.9. The quantitative estimate of drug-likeness (QED) is 0.211. The molecule has 0 radical (unpaired) electrons. The molecule has 0 spiro atoms. The molecule has 1 atom stereocenters. The lowest BCUT2D eigenvalue weighted by atomic mass is 10.2. The van der Waals surface area contributed by atoms with Crippen molar-refractivity contribution in [2.45, 2.75) is 26.2 Å². The molecule has 0 saturated carbocycles. The Morgan fingerprint density at radius 3 is 2.56 bits per heavy atom. The minimum atomic E-state index is -0.937. The van der Waals surface area contributed by atoms with Gasteiger partial charge in [0.2, 0.25) is 5.91 Å². The number of hydrogen-bond acceptors (Lipinski definition) is 6. The average molecular weight is 462 g/mol. The molecule has 4 N–H and O–H groups in total. The number of aliphatic hydroxyl groups excluding tert-OH is 1. The number of nitrogens with one attached hydrogen (secondary N) is 3. The number of benzene rings is 2. The summed E-state index contributed by atoms with van der Waals surface area (Å²) < 4.78 is 3.31. The maximum Gasteiger partial charge on any atom is 0.251 e. The summed E-state index contributed by atoms with van der Waals surface area (Å²) in [7, 11) is 0. The van der Waals surface area contributed by atoms with Gasteiger partial charge < -0.3 is 21.1 Å². The lowest BCUT2D eigenvalue weighted by Gasteiger charge is -2.11. The molecule has 1 unspecified atom stereocenters. The van der Waals surface area contributed by atoms with Gasteiger partial charge in [0.1, 0.15) is 12.2 Å². The average Bonchev–Trinajstić information content (AvgIpc) is 3.48. The fourth-order valence-electron chi connectivity index (χ4n) is 3.45. The third-order valence-electron chi connectivity index (χ3n) is 5.19. The monoisotopic (exact) mass is 461 g/mol. The van der Waals surface area contributed by atoms with Gasteiger partial charge >= 0.3 is 0 Å². The summed E-state index contributed by atoms with van der Waals surface area (Å²) in [5.41, 5.74) is 2.56. The van der Waals surface area contributed by atoms with Crippen LogP contribution in [0.25, 0.3) is 10.9 Å². The lowest BCUT2D eigenvalue weighted by molar-refractivity contribution is -0.121. The van der Waals surface area contributed by atoms with Crippen LogP contribution in [0, 0.1) is 0 Å². The van der Waals surface area contributed by atoms with Crippen molar-refractivity contribution in [3.05, 3.63) is 78.2 Å². The normalized spacial score (nSPS) is 11.8. The first kappa shape index (κ1) is 23.0. The Balaban J connectivity index is 1.27. The highest BCUT2D eigenvalue weighted by molar-refractivity contribution is 5.94. The van der Waals surface area contributed by atoms with Crippen LogP contribution < -0.4 is 16.0 Å². The van der Waals surface area contributed by atoms with E-state index in [0.717, 1.165) is 17.4 Å². The number of fused-ring (bicyclic) bond motifs is 1. The van der Waals surface area contributed by atoms with E-state index < -0.39 is 6.23 Å². The number of amides is 2. The first-order valence-corrected chi connectivity index (χ1v) is 11.1. The van der Waals surface area contributed by atoms with E-state index in [0.29, 0.717) is 30.0 Å². The van der Waals surface area contributed by atoms with Crippen molar-refractivity contribution in [3.63, 3.8) is 0 Å². The van der Waals surface area contributed by atoms with E-state index in [4.69, 9.17) is 0 Å². The van der Waals surface area contributed by atoms with Crippen LogP contribution >= 0.6 is 0 Å². The summed E-state index contributed by atoms with van der Waals surface area (Å²) in [6.45, 7) is 3.41. The molecule has 2 aromatic carbocycles. The number of aromatic nitrogens is 4. The van der Waals surface area contributed by atoms with Gasteiger partial charge in [0, 0.05) is 48.7 Å². The Hall–Kier alpha value is -4.18. The van der Waals surface area contributed by atoms with Gasteiger partial charge in [-0.05, 0) is 43.3 Å². The first-order valence-electron chi connectivity index (χ1n) is 11.1. The molecule has 2 amide bonds. The number of nitrogens with zero attached hydrogens (tertiary/aromatic N) is 4. The number of anilines is 1. The second-order valence-electron chi connectivity index (χ2n) is 7.72. The molecule has 0 fully saturated rings. The van der Waals surface area contributed by atoms with Crippen molar-refractivity contribution < 1.29 is 14.7 Å². The van der Waals surface area contributed by atoms with E-state index in [2.05, 4.69) is 26.1 Å². The maximum atomic E-state index is 12.3. The second-order valence-corrected chi connectivity index (χ2v) is 7.72. The van der Waals surface area contributed by atoms with Crippen LogP contribution in [0.3, 0.4) is 0 Å². The maximum absolute atomic E-state index is 12.3. The van der Waals surface area contributed by atoms with Crippen LogP contribution in [0.1, 0.15) is 29.2 Å². The lowest BCUT2D eigenvalue weighted by Crippen LogP contribution is -2.36. The number of aliphatic hydroxyl groups is 1. The van der Waals surface area contributed by atoms with E-state index in [1.807, 2.05) is 37.4 Å². The van der Waals surface area contributed by atoms with E-state index in [-0.39, 0.29) is 18.4 Å². The van der Waals surface area contributed by atoms with Crippen molar-refractivity contribution in [1.82, 2.24) is 30.2 Å². The summed E-state index contributed by atoms with van der Waals surface area (Å²) in [5.74, 6) is -0.386. The van der Waals surface area contributed by atoms with Crippen LogP contribution in [-0.4, -0.2) is 49.6 Å². The molecule has 2 heterocycles. The number of carbonyl (C=O) groups excluding carboxylic acids is 2. The molecule has 176 valence electrons. The molecule has 0 aliphatic heterocycles. The highest BCUT2D eigenvalue weighted by Gasteiger charge is 2.12. The van der Waals surface area contributed by atoms with Gasteiger partial charge in [0.05, 0.1) is 5.52 Å². The molecular formula is C24H27N7O3. The first-order chi connectivity index (χ1) is 16.5. The van der Waals surface area contributed by atoms with Crippen LogP contribution in [0.15, 0.2) is 67.0 Å². The Labute approximate surface area is 196 Å². The Morgan fingerprint density at radius 1 is 1.00 bits per heavy atom. The molecule has 0 aliphatic rings. The third-order valence-corrected chi connectivity index (χ3v) is 5.19. The van der Waals surface area contributed by atoms with Gasteiger partial charge in [-0.15, -0.1) is 0 Å². The van der Waals surface area contributed by atoms with Crippen molar-refractivity contribution in [1.29, 1.82) is 0 Å². The molecule has 4 aromatic rings. The smallest absolute Gasteiger partial charge is 0.251 e. The van der Waals surface area contributed by atoms with Crippen molar-refractivity contribution >= 4 is 28.4 Å². The van der Waals surface area contributed by atoms with Crippen LogP contribution in [0.4, 0.5) is 5.69 Å². The fourth-order valence-corrected chi connectivity index (χ4v) is 3.45. The summed E-state index contributed by atoms with van der Waals surface area (Å²) in [4.78, 5) is 24.3. The predicted octanol–water partition coefficient (Wildman–Crippen LogP) is 1.90. The van der Waals surface area contributed by atoms with Crippen LogP contribution in [0.5, 0.6) is 0 Å². The van der Waals surface area contributed by atoms with Gasteiger partial charge in [-0.25, -0.2) is 0 Å². The largest absolute Gasteiger partial charge is 0.368 e. The van der Waals surface area contributed by atoms with Gasteiger partial charge in [0.25, 0.3) is 5.91 Å². The van der Waals surface area contributed by atoms with Crippen molar-refractivity contribution in [2.24, 2.45) is 0 Å². The zero-order valence-corrected chi connectivity index (χ0v) is 18.8. The molecule has 4 rings (SSSR count). The highest BCUT2D eigenvalue weighted by atomic mass is 16.3. The SMILES string of the molecule is CCn1ccc(C(O)Nc2ccc3nn(CC(=O)NCCNC(=O)c4ccccc4)cc3c2)n1. The van der Waals surface area contributed by atoms with Crippen molar-refractivity contribution in [2.75, 3.05) is 18.4 Å². The zero-order valence-electron chi connectivity index (χ0n) is 18.8. The topological polar surface area (TPSA) is 126 Å². The van der Waals surface area contributed by atoms with Gasteiger partial charge in [-0.2, -0.15) is 10.2 Å². The molecule has 10 heteroatoms. The van der Waals surface area contributed by atoms with Crippen LogP contribution in [0.2, 0.25) is 0 Å². The summed E-state index contributed by atoms with van der Waals surface area (Å²) >= 11 is 0. The van der Waals surface area contributed by atoms with Gasteiger partial charge in [0.15, 0.2) is 6.23 Å². The third kappa shape index (κ3) is 5.78. The van der Waals surface area contributed by atoms with E-state index in [1.165, 1.54) is 0 Å². The minimum absolute atomic E-state index is 0.0567. The molecular weight excluding hydrogens is 434 g/mol. The van der Waals surface area contributed by atoms with Crippen LogP contribution in [-0.2, 0) is 17.9 Å². The number of rotatable bonds is 10. The minimum Gasteiger partial charge on any atom is -0.368 e. The summed E-state index contributed by atoms with van der Waals surface area (Å²) in [5, 5.41) is 28.5. The van der Waals surface area contributed by atoms with Crippen molar-refractivity contribution in [3.8, 4) is 0 Å². The molecule has 0 saturated heterocycles. The number of aryl methyl sites for hydroxylation is 1. The Kier molecular flexibility index (Phi) is 7.19. The molecule has 0 aliphatic carbocycles. The Morgan fingerprint density at radius 2 is 1.79 bits per heavy atom. The summed E-state index contributed by atoms with van der Waals surface area (Å²) in [6, 6.07) is 16.2. The van der Waals surface area contributed by atoms with Gasteiger partial charge in [-0.1, -0.05) is 18.2 Å². The Bertz CT molecular complexity index is 1270. The van der Waals surface area contributed by atoms with E-state index >= 15 is 0 Å². The second kappa shape index (κ2) is 10.6. The summed E-state index contributed by atoms with van der Waals surface area (Å²) in [6.07, 6.45) is 2.65. The number of hydrogen-bond donors (Lipinski definition) is 4.